The normalized spacial score (nSPS) is 9.81. The predicted octanol–water partition coefficient (Wildman–Crippen LogP) is 1.93. The summed E-state index contributed by atoms with van der Waals surface area (Å²) in [6, 6.07) is 5.45. The second-order valence-corrected chi connectivity index (χ2v) is 3.15. The molecule has 0 aliphatic carbocycles. The number of methoxy groups -OCH3 is 1. The third-order valence-electron chi connectivity index (χ3n) is 2.22. The molecule has 0 bridgehead atoms. The van der Waals surface area contributed by atoms with Gasteiger partial charge >= 0.3 is 5.97 Å². The van der Waals surface area contributed by atoms with E-state index >= 15 is 0 Å². The molecule has 0 radical (unpaired) electrons. The zero-order chi connectivity index (χ0) is 11.4. The number of hydrogen-bond donors (Lipinski definition) is 0. The van der Waals surface area contributed by atoms with E-state index in [0.717, 1.165) is 11.1 Å². The highest BCUT2D eigenvalue weighted by Crippen LogP contribution is 2.22. The van der Waals surface area contributed by atoms with Crippen LogP contribution in [0.2, 0.25) is 0 Å². The Bertz CT molecular complexity index is 497. The Balaban J connectivity index is 2.53. The Labute approximate surface area is 92.9 Å². The summed E-state index contributed by atoms with van der Waals surface area (Å²) < 4.78 is 4.70. The fourth-order valence-corrected chi connectivity index (χ4v) is 1.45. The SMILES string of the molecule is COC(=O)c1cnccc1-c1ccncc1. The summed E-state index contributed by atoms with van der Waals surface area (Å²) in [5.74, 6) is -0.389. The number of pyridine rings is 2. The summed E-state index contributed by atoms with van der Waals surface area (Å²) in [5.41, 5.74) is 2.17. The number of nitrogens with zero attached hydrogens (tertiary/aromatic N) is 2. The molecule has 2 aromatic heterocycles. The van der Waals surface area contributed by atoms with E-state index in [4.69, 9.17) is 4.74 Å². The van der Waals surface area contributed by atoms with Gasteiger partial charge in [0.15, 0.2) is 0 Å². The topological polar surface area (TPSA) is 52.1 Å². The first kappa shape index (κ1) is 10.3. The summed E-state index contributed by atoms with van der Waals surface area (Å²) in [6.07, 6.45) is 6.50. The van der Waals surface area contributed by atoms with Crippen molar-refractivity contribution in [1.29, 1.82) is 0 Å². The van der Waals surface area contributed by atoms with Gasteiger partial charge in [-0.25, -0.2) is 4.79 Å². The van der Waals surface area contributed by atoms with E-state index < -0.39 is 0 Å². The van der Waals surface area contributed by atoms with Crippen molar-refractivity contribution >= 4 is 5.97 Å². The molecule has 2 rings (SSSR count). The van der Waals surface area contributed by atoms with Gasteiger partial charge in [0.05, 0.1) is 12.7 Å². The van der Waals surface area contributed by atoms with Crippen molar-refractivity contribution < 1.29 is 9.53 Å². The van der Waals surface area contributed by atoms with Crippen molar-refractivity contribution in [3.63, 3.8) is 0 Å². The molecule has 0 N–H and O–H groups in total. The minimum Gasteiger partial charge on any atom is -0.465 e. The first-order chi connectivity index (χ1) is 7.83. The number of esters is 1. The molecule has 16 heavy (non-hydrogen) atoms. The van der Waals surface area contributed by atoms with E-state index in [1.54, 1.807) is 24.7 Å². The van der Waals surface area contributed by atoms with Crippen LogP contribution in [-0.2, 0) is 4.74 Å². The fraction of sp³-hybridized carbons (Fsp3) is 0.0833. The molecule has 0 spiro atoms. The van der Waals surface area contributed by atoms with Crippen molar-refractivity contribution in [2.24, 2.45) is 0 Å². The van der Waals surface area contributed by atoms with E-state index in [0.29, 0.717) is 5.56 Å². The first-order valence-electron chi connectivity index (χ1n) is 4.75. The lowest BCUT2D eigenvalue weighted by Gasteiger charge is -2.06. The summed E-state index contributed by atoms with van der Waals surface area (Å²) in [5, 5.41) is 0. The van der Waals surface area contributed by atoms with Gasteiger partial charge in [-0.2, -0.15) is 0 Å². The van der Waals surface area contributed by atoms with Gasteiger partial charge in [-0.1, -0.05) is 0 Å². The second-order valence-electron chi connectivity index (χ2n) is 3.15. The molecule has 80 valence electrons. The van der Waals surface area contributed by atoms with Crippen LogP contribution in [0.15, 0.2) is 43.0 Å². The molecule has 0 saturated heterocycles. The summed E-state index contributed by atoms with van der Waals surface area (Å²) >= 11 is 0. The van der Waals surface area contributed by atoms with Crippen molar-refractivity contribution in [1.82, 2.24) is 9.97 Å². The zero-order valence-electron chi connectivity index (χ0n) is 8.75. The minimum atomic E-state index is -0.389. The van der Waals surface area contributed by atoms with E-state index in [1.807, 2.05) is 12.1 Å². The van der Waals surface area contributed by atoms with Gasteiger partial charge in [0.2, 0.25) is 0 Å². The Morgan fingerprint density at radius 2 is 1.81 bits per heavy atom. The molecule has 0 aliphatic heterocycles. The molecule has 0 saturated carbocycles. The molecule has 0 aromatic carbocycles. The number of rotatable bonds is 2. The lowest BCUT2D eigenvalue weighted by Crippen LogP contribution is -2.04. The van der Waals surface area contributed by atoms with Crippen LogP contribution in [0.25, 0.3) is 11.1 Å². The second kappa shape index (κ2) is 4.53. The monoisotopic (exact) mass is 214 g/mol. The first-order valence-corrected chi connectivity index (χ1v) is 4.75. The Morgan fingerprint density at radius 1 is 1.12 bits per heavy atom. The number of hydrogen-bond acceptors (Lipinski definition) is 4. The number of carbonyl (C=O) groups is 1. The van der Waals surface area contributed by atoms with Gasteiger partial charge in [0, 0.05) is 24.8 Å². The highest BCUT2D eigenvalue weighted by molar-refractivity contribution is 5.96. The van der Waals surface area contributed by atoms with Crippen molar-refractivity contribution in [2.45, 2.75) is 0 Å². The highest BCUT2D eigenvalue weighted by Gasteiger charge is 2.12. The van der Waals surface area contributed by atoms with E-state index in [1.165, 1.54) is 13.3 Å². The Kier molecular flexibility index (Phi) is 2.91. The van der Waals surface area contributed by atoms with Gasteiger partial charge in [-0.15, -0.1) is 0 Å². The van der Waals surface area contributed by atoms with Gasteiger partial charge in [-0.3, -0.25) is 9.97 Å². The van der Waals surface area contributed by atoms with Crippen molar-refractivity contribution in [2.75, 3.05) is 7.11 Å². The van der Waals surface area contributed by atoms with Gasteiger partial charge in [0.25, 0.3) is 0 Å². The van der Waals surface area contributed by atoms with Crippen LogP contribution < -0.4 is 0 Å². The van der Waals surface area contributed by atoms with Gasteiger partial charge in [0.1, 0.15) is 0 Å². The summed E-state index contributed by atoms with van der Waals surface area (Å²) in [7, 11) is 1.35. The third kappa shape index (κ3) is 1.91. The molecule has 2 aromatic rings. The van der Waals surface area contributed by atoms with Crippen LogP contribution in [0.1, 0.15) is 10.4 Å². The fourth-order valence-electron chi connectivity index (χ4n) is 1.45. The quantitative estimate of drug-likeness (QED) is 0.717. The molecule has 4 heteroatoms. The van der Waals surface area contributed by atoms with E-state index in [9.17, 15) is 4.79 Å². The Hall–Kier alpha value is -2.23. The molecule has 0 fully saturated rings. The molecule has 0 atom stereocenters. The number of ether oxygens (including phenoxy) is 1. The summed E-state index contributed by atoms with van der Waals surface area (Å²) in [6.45, 7) is 0. The lowest BCUT2D eigenvalue weighted by atomic mass is 10.0. The van der Waals surface area contributed by atoms with Crippen molar-refractivity contribution in [3.05, 3.63) is 48.5 Å². The zero-order valence-corrected chi connectivity index (χ0v) is 8.75. The average molecular weight is 214 g/mol. The summed E-state index contributed by atoms with van der Waals surface area (Å²) in [4.78, 5) is 19.4. The van der Waals surface area contributed by atoms with Crippen LogP contribution >= 0.6 is 0 Å². The molecule has 0 aliphatic rings. The van der Waals surface area contributed by atoms with Crippen LogP contribution in [0.4, 0.5) is 0 Å². The van der Waals surface area contributed by atoms with E-state index in [2.05, 4.69) is 9.97 Å². The third-order valence-corrected chi connectivity index (χ3v) is 2.22. The number of carbonyl (C=O) groups excluding carboxylic acids is 1. The molecule has 0 amide bonds. The van der Waals surface area contributed by atoms with Crippen LogP contribution in [0.5, 0.6) is 0 Å². The van der Waals surface area contributed by atoms with Crippen LogP contribution in [-0.4, -0.2) is 23.0 Å². The smallest absolute Gasteiger partial charge is 0.340 e. The standard InChI is InChI=1S/C12H10N2O2/c1-16-12(15)11-8-14-7-4-10(11)9-2-5-13-6-3-9/h2-8H,1H3. The highest BCUT2D eigenvalue weighted by atomic mass is 16.5. The maximum atomic E-state index is 11.5. The average Bonchev–Trinajstić information content (AvgIpc) is 2.39. The molecular formula is C12H10N2O2. The predicted molar refractivity (Wildman–Crippen MR) is 58.8 cm³/mol. The van der Waals surface area contributed by atoms with Crippen LogP contribution in [0, 0.1) is 0 Å². The maximum Gasteiger partial charge on any atom is 0.340 e. The van der Waals surface area contributed by atoms with E-state index in [-0.39, 0.29) is 5.97 Å². The van der Waals surface area contributed by atoms with Crippen molar-refractivity contribution in [3.8, 4) is 11.1 Å². The van der Waals surface area contributed by atoms with Gasteiger partial charge < -0.3 is 4.74 Å². The molecular weight excluding hydrogens is 204 g/mol. The van der Waals surface area contributed by atoms with Gasteiger partial charge in [-0.05, 0) is 29.3 Å². The Morgan fingerprint density at radius 3 is 2.50 bits per heavy atom. The number of aromatic nitrogens is 2. The molecule has 4 nitrogen and oxygen atoms in total. The maximum absolute atomic E-state index is 11.5. The minimum absolute atomic E-state index is 0.389. The molecule has 2 heterocycles. The molecule has 0 unspecified atom stereocenters. The van der Waals surface area contributed by atoms with Crippen LogP contribution in [0.3, 0.4) is 0 Å². The largest absolute Gasteiger partial charge is 0.465 e. The lowest BCUT2D eigenvalue weighted by molar-refractivity contribution is 0.0601.